The third-order valence-corrected chi connectivity index (χ3v) is 5.07. The van der Waals surface area contributed by atoms with Crippen LogP contribution in [0.4, 0.5) is 0 Å². The fourth-order valence-corrected chi connectivity index (χ4v) is 3.45. The van der Waals surface area contributed by atoms with E-state index in [4.69, 9.17) is 4.74 Å². The quantitative estimate of drug-likeness (QED) is 0.436. The van der Waals surface area contributed by atoms with E-state index in [1.165, 1.54) is 5.39 Å². The van der Waals surface area contributed by atoms with Crippen LogP contribution in [0.2, 0.25) is 19.6 Å². The molecule has 1 aromatic heterocycles. The topological polar surface area (TPSA) is 34.4 Å². The zero-order valence-corrected chi connectivity index (χ0v) is 17.5. The summed E-state index contributed by atoms with van der Waals surface area (Å²) < 4.78 is 9.08. The van der Waals surface area contributed by atoms with Gasteiger partial charge in [0.1, 0.15) is 14.7 Å². The number of ether oxygens (including phenoxy) is 1. The van der Waals surface area contributed by atoms with E-state index >= 15 is 0 Å². The van der Waals surface area contributed by atoms with Gasteiger partial charge < -0.3 is 14.4 Å². The fraction of sp³-hybridized carbons (Fsp3) is 0.474. The first kappa shape index (κ1) is 19.3. The minimum absolute atomic E-state index is 0.176. The van der Waals surface area contributed by atoms with Gasteiger partial charge in [0.05, 0.1) is 6.61 Å². The molecule has 130 valence electrons. The van der Waals surface area contributed by atoms with Gasteiger partial charge >= 0.3 is 0 Å². The summed E-state index contributed by atoms with van der Waals surface area (Å²) in [4.78, 5) is 0. The lowest BCUT2D eigenvalue weighted by Gasteiger charge is -2.14. The maximum atomic E-state index is 9.41. The Bertz CT molecular complexity index is 752. The van der Waals surface area contributed by atoms with E-state index in [9.17, 15) is 5.11 Å². The summed E-state index contributed by atoms with van der Waals surface area (Å²) in [6.07, 6.45) is 0. The second kappa shape index (κ2) is 8.35. The first-order valence-electron chi connectivity index (χ1n) is 8.26. The number of aliphatic hydroxyl groups is 1. The van der Waals surface area contributed by atoms with Gasteiger partial charge in [-0.3, -0.25) is 0 Å². The molecule has 1 aromatic carbocycles. The molecule has 0 unspecified atom stereocenters. The molecule has 0 saturated carbocycles. The SMILES string of the molecule is C[C@H](CO)Cn1c(COCC#C[Si](C)(C)C)cc2ccc(Br)cc21. The molecule has 0 aliphatic heterocycles. The second-order valence-corrected chi connectivity index (χ2v) is 12.9. The second-order valence-electron chi connectivity index (χ2n) is 7.28. The van der Waals surface area contributed by atoms with Gasteiger partial charge in [-0.25, -0.2) is 0 Å². The van der Waals surface area contributed by atoms with Crippen molar-refractivity contribution < 1.29 is 9.84 Å². The van der Waals surface area contributed by atoms with Gasteiger partial charge in [-0.15, -0.1) is 5.54 Å². The van der Waals surface area contributed by atoms with E-state index in [0.717, 1.165) is 22.2 Å². The van der Waals surface area contributed by atoms with Crippen molar-refractivity contribution in [2.24, 2.45) is 5.92 Å². The van der Waals surface area contributed by atoms with Crippen LogP contribution in [0.15, 0.2) is 28.7 Å². The predicted octanol–water partition coefficient (Wildman–Crippen LogP) is 4.43. The molecule has 0 radical (unpaired) electrons. The number of hydrogen-bond donors (Lipinski definition) is 1. The van der Waals surface area contributed by atoms with E-state index in [-0.39, 0.29) is 12.5 Å². The molecule has 0 saturated heterocycles. The maximum Gasteiger partial charge on any atom is 0.129 e. The van der Waals surface area contributed by atoms with Crippen molar-refractivity contribution in [3.05, 3.63) is 34.4 Å². The van der Waals surface area contributed by atoms with Crippen molar-refractivity contribution in [3.63, 3.8) is 0 Å². The summed E-state index contributed by atoms with van der Waals surface area (Å²) in [5, 5.41) is 10.6. The van der Waals surface area contributed by atoms with Crippen LogP contribution in [-0.4, -0.2) is 31.0 Å². The molecule has 0 spiro atoms. The number of rotatable bonds is 6. The van der Waals surface area contributed by atoms with Crippen molar-refractivity contribution in [1.29, 1.82) is 0 Å². The molecule has 1 atom stereocenters. The minimum atomic E-state index is -1.34. The standard InChI is InChI=1S/C19H26BrNO2Si/c1-15(13-22)12-21-18(14-23-8-5-9-24(2,3)4)10-16-6-7-17(20)11-19(16)21/h6-7,10-11,15,22H,8,12-14H2,1-4H3/t15-/m0/s1. The van der Waals surface area contributed by atoms with Crippen LogP contribution in [0.5, 0.6) is 0 Å². The normalized spacial score (nSPS) is 12.9. The molecule has 2 aromatic rings. The minimum Gasteiger partial charge on any atom is -0.396 e. The van der Waals surface area contributed by atoms with Crippen LogP contribution in [-0.2, 0) is 17.9 Å². The molecule has 1 N–H and O–H groups in total. The fourth-order valence-electron chi connectivity index (χ4n) is 2.50. The third kappa shape index (κ3) is 5.49. The third-order valence-electron chi connectivity index (χ3n) is 3.65. The lowest BCUT2D eigenvalue weighted by molar-refractivity contribution is 0.145. The molecule has 0 amide bonds. The van der Waals surface area contributed by atoms with Crippen LogP contribution >= 0.6 is 15.9 Å². The molecular formula is C19H26BrNO2Si. The highest BCUT2D eigenvalue weighted by Crippen LogP contribution is 2.25. The molecule has 0 aliphatic rings. The summed E-state index contributed by atoms with van der Waals surface area (Å²) in [5.74, 6) is 3.34. The zero-order chi connectivity index (χ0) is 17.7. The molecule has 0 fully saturated rings. The predicted molar refractivity (Wildman–Crippen MR) is 107 cm³/mol. The van der Waals surface area contributed by atoms with E-state index in [1.54, 1.807) is 0 Å². The number of aliphatic hydroxyl groups excluding tert-OH is 1. The molecular weight excluding hydrogens is 382 g/mol. The molecule has 3 nitrogen and oxygen atoms in total. The molecule has 1 heterocycles. The van der Waals surface area contributed by atoms with E-state index in [0.29, 0.717) is 13.2 Å². The molecule has 0 aliphatic carbocycles. The highest BCUT2D eigenvalue weighted by Gasteiger charge is 2.12. The number of halogens is 1. The highest BCUT2D eigenvalue weighted by molar-refractivity contribution is 9.10. The molecule has 2 rings (SSSR count). The Hall–Kier alpha value is -1.06. The monoisotopic (exact) mass is 407 g/mol. The van der Waals surface area contributed by atoms with Crippen molar-refractivity contribution >= 4 is 34.9 Å². The summed E-state index contributed by atoms with van der Waals surface area (Å²) in [7, 11) is -1.34. The number of benzene rings is 1. The lowest BCUT2D eigenvalue weighted by Crippen LogP contribution is -2.16. The Labute approximate surface area is 154 Å². The Kier molecular flexibility index (Phi) is 6.70. The number of hydrogen-bond acceptors (Lipinski definition) is 2. The Morgan fingerprint density at radius 2 is 2.04 bits per heavy atom. The van der Waals surface area contributed by atoms with Crippen molar-refractivity contribution in [3.8, 4) is 11.5 Å². The van der Waals surface area contributed by atoms with Crippen LogP contribution in [0, 0.1) is 17.4 Å². The Morgan fingerprint density at radius 3 is 2.71 bits per heavy atom. The van der Waals surface area contributed by atoms with Crippen molar-refractivity contribution in [2.45, 2.75) is 39.7 Å². The van der Waals surface area contributed by atoms with Crippen LogP contribution < -0.4 is 0 Å². The largest absolute Gasteiger partial charge is 0.396 e. The van der Waals surface area contributed by atoms with Gasteiger partial charge in [0, 0.05) is 34.2 Å². The molecule has 24 heavy (non-hydrogen) atoms. The van der Waals surface area contributed by atoms with E-state index in [2.05, 4.69) is 69.8 Å². The molecule has 0 bridgehead atoms. The van der Waals surface area contributed by atoms with Gasteiger partial charge in [-0.2, -0.15) is 0 Å². The number of fused-ring (bicyclic) bond motifs is 1. The Morgan fingerprint density at radius 1 is 1.29 bits per heavy atom. The summed E-state index contributed by atoms with van der Waals surface area (Å²) in [5.41, 5.74) is 5.60. The van der Waals surface area contributed by atoms with Crippen molar-refractivity contribution in [2.75, 3.05) is 13.2 Å². The average molecular weight is 408 g/mol. The Balaban J connectivity index is 2.18. The first-order chi connectivity index (χ1) is 11.3. The van der Waals surface area contributed by atoms with Crippen LogP contribution in [0.25, 0.3) is 10.9 Å². The van der Waals surface area contributed by atoms with E-state index < -0.39 is 8.07 Å². The van der Waals surface area contributed by atoms with Gasteiger partial charge in [0.2, 0.25) is 0 Å². The molecule has 5 heteroatoms. The number of nitrogens with zero attached hydrogens (tertiary/aromatic N) is 1. The van der Waals surface area contributed by atoms with E-state index in [1.807, 2.05) is 13.0 Å². The van der Waals surface area contributed by atoms with Gasteiger partial charge in [-0.05, 0) is 24.1 Å². The zero-order valence-electron chi connectivity index (χ0n) is 14.9. The van der Waals surface area contributed by atoms with Gasteiger partial charge in [0.15, 0.2) is 0 Å². The number of aromatic nitrogens is 1. The summed E-state index contributed by atoms with van der Waals surface area (Å²) >= 11 is 3.54. The first-order valence-corrected chi connectivity index (χ1v) is 12.6. The summed E-state index contributed by atoms with van der Waals surface area (Å²) in [6, 6.07) is 8.44. The lowest BCUT2D eigenvalue weighted by atomic mass is 10.2. The van der Waals surface area contributed by atoms with Gasteiger partial charge in [0.25, 0.3) is 0 Å². The van der Waals surface area contributed by atoms with Gasteiger partial charge in [-0.1, -0.05) is 54.5 Å². The van der Waals surface area contributed by atoms with Crippen LogP contribution in [0.3, 0.4) is 0 Å². The average Bonchev–Trinajstić information content (AvgIpc) is 2.83. The smallest absolute Gasteiger partial charge is 0.129 e. The van der Waals surface area contributed by atoms with Crippen molar-refractivity contribution in [1.82, 2.24) is 4.57 Å². The highest BCUT2D eigenvalue weighted by atomic mass is 79.9. The maximum absolute atomic E-state index is 9.41. The van der Waals surface area contributed by atoms with Crippen LogP contribution in [0.1, 0.15) is 12.6 Å². The summed E-state index contributed by atoms with van der Waals surface area (Å²) in [6.45, 7) is 10.7.